The largest absolute Gasteiger partial charge is 0.444 e. The summed E-state index contributed by atoms with van der Waals surface area (Å²) in [7, 11) is 1.90. The van der Waals surface area contributed by atoms with E-state index in [0.717, 1.165) is 29.1 Å². The minimum atomic E-state index is -0.814. The van der Waals surface area contributed by atoms with Crippen molar-refractivity contribution in [1.82, 2.24) is 34.0 Å². The molecule has 224 valence electrons. The molecule has 12 nitrogen and oxygen atoms in total. The quantitative estimate of drug-likeness (QED) is 0.378. The van der Waals surface area contributed by atoms with Crippen molar-refractivity contribution in [2.45, 2.75) is 58.7 Å². The molecule has 2 aliphatic rings. The summed E-state index contributed by atoms with van der Waals surface area (Å²) in [6, 6.07) is 8.01. The fraction of sp³-hybridized carbons (Fsp3) is 0.567. The van der Waals surface area contributed by atoms with Gasteiger partial charge in [0.15, 0.2) is 17.0 Å². The molecule has 2 aliphatic heterocycles. The van der Waals surface area contributed by atoms with E-state index in [9.17, 15) is 9.90 Å². The van der Waals surface area contributed by atoms with Gasteiger partial charge in [0.2, 0.25) is 5.95 Å². The van der Waals surface area contributed by atoms with Gasteiger partial charge >= 0.3 is 6.09 Å². The topological polar surface area (TPSA) is 124 Å². The van der Waals surface area contributed by atoms with Gasteiger partial charge in [0.05, 0.1) is 24.2 Å². The lowest BCUT2D eigenvalue weighted by Gasteiger charge is -2.34. The lowest BCUT2D eigenvalue weighted by atomic mass is 9.91. The van der Waals surface area contributed by atoms with Crippen LogP contribution < -0.4 is 4.90 Å². The number of likely N-dealkylation sites (tertiary alicyclic amines) is 1. The third-order valence-corrected chi connectivity index (χ3v) is 8.08. The van der Waals surface area contributed by atoms with Gasteiger partial charge < -0.3 is 28.9 Å². The molecule has 4 aromatic rings. The lowest BCUT2D eigenvalue weighted by Crippen LogP contribution is -2.42. The van der Waals surface area contributed by atoms with Crippen molar-refractivity contribution in [3.05, 3.63) is 35.9 Å². The Hall–Kier alpha value is -3.77. The van der Waals surface area contributed by atoms with Crippen LogP contribution in [0.15, 0.2) is 24.3 Å². The molecule has 1 N–H and O–H groups in total. The Morgan fingerprint density at radius 2 is 1.79 bits per heavy atom. The molecule has 1 atom stereocenters. The number of morpholine rings is 1. The van der Waals surface area contributed by atoms with E-state index in [2.05, 4.69) is 11.8 Å². The van der Waals surface area contributed by atoms with Gasteiger partial charge in [-0.05, 0) is 51.7 Å². The van der Waals surface area contributed by atoms with Crippen molar-refractivity contribution >= 4 is 34.1 Å². The summed E-state index contributed by atoms with van der Waals surface area (Å²) in [4.78, 5) is 36.4. The first-order chi connectivity index (χ1) is 20.1. The maximum Gasteiger partial charge on any atom is 0.410 e. The van der Waals surface area contributed by atoms with Gasteiger partial charge in [-0.15, -0.1) is 0 Å². The van der Waals surface area contributed by atoms with Crippen LogP contribution in [0.4, 0.5) is 10.6 Å². The SMILES string of the molecule is CCc1nc2ccccc2n1-c1nc(N2CCOCC2)c2nc(C(O)C3CCN(C(=O)OC(C)(C)C)CC3)n(C)c2n1. The number of carbonyl (C=O) groups excluding carboxylic acids is 1. The summed E-state index contributed by atoms with van der Waals surface area (Å²) in [5.74, 6) is 2.63. The van der Waals surface area contributed by atoms with E-state index in [1.807, 2.05) is 61.2 Å². The van der Waals surface area contributed by atoms with Gasteiger partial charge in [0, 0.05) is 39.6 Å². The van der Waals surface area contributed by atoms with E-state index in [-0.39, 0.29) is 12.0 Å². The van der Waals surface area contributed by atoms with Gasteiger partial charge in [-0.2, -0.15) is 9.97 Å². The summed E-state index contributed by atoms with van der Waals surface area (Å²) in [6.07, 6.45) is 0.899. The molecule has 0 bridgehead atoms. The fourth-order valence-electron chi connectivity index (χ4n) is 5.88. The van der Waals surface area contributed by atoms with Crippen LogP contribution in [0.2, 0.25) is 0 Å². The van der Waals surface area contributed by atoms with E-state index >= 15 is 0 Å². The number of nitrogens with zero attached hydrogens (tertiary/aromatic N) is 8. The molecule has 2 fully saturated rings. The molecule has 1 unspecified atom stereocenters. The molecule has 0 saturated carbocycles. The summed E-state index contributed by atoms with van der Waals surface area (Å²) in [5, 5.41) is 11.6. The Labute approximate surface area is 245 Å². The highest BCUT2D eigenvalue weighted by molar-refractivity contribution is 5.86. The van der Waals surface area contributed by atoms with Crippen LogP contribution in [-0.4, -0.2) is 90.2 Å². The normalized spacial score (nSPS) is 17.8. The van der Waals surface area contributed by atoms with Crippen LogP contribution in [-0.2, 0) is 22.9 Å². The van der Waals surface area contributed by atoms with Gasteiger partial charge in [-0.3, -0.25) is 4.57 Å². The number of piperidine rings is 1. The Balaban J connectivity index is 1.37. The van der Waals surface area contributed by atoms with Crippen LogP contribution in [0, 0.1) is 5.92 Å². The number of rotatable bonds is 5. The van der Waals surface area contributed by atoms with Crippen molar-refractivity contribution < 1.29 is 19.4 Å². The molecule has 6 rings (SSSR count). The molecule has 1 amide bonds. The number of hydrogen-bond donors (Lipinski definition) is 1. The van der Waals surface area contributed by atoms with Crippen LogP contribution in [0.5, 0.6) is 0 Å². The molecule has 42 heavy (non-hydrogen) atoms. The van der Waals surface area contributed by atoms with Crippen LogP contribution in [0.25, 0.3) is 28.1 Å². The zero-order chi connectivity index (χ0) is 29.6. The number of fused-ring (bicyclic) bond motifs is 2. The second kappa shape index (κ2) is 11.1. The maximum atomic E-state index is 12.6. The van der Waals surface area contributed by atoms with Gasteiger partial charge in [-0.25, -0.2) is 14.8 Å². The maximum absolute atomic E-state index is 12.6. The number of aliphatic hydroxyl groups is 1. The zero-order valence-electron chi connectivity index (χ0n) is 25.1. The first-order valence-corrected chi connectivity index (χ1v) is 14.8. The monoisotopic (exact) mass is 576 g/mol. The average Bonchev–Trinajstić information content (AvgIpc) is 3.53. The molecule has 5 heterocycles. The number of anilines is 1. The molecular weight excluding hydrogens is 536 g/mol. The molecule has 3 aromatic heterocycles. The van der Waals surface area contributed by atoms with Crippen molar-refractivity contribution in [2.75, 3.05) is 44.3 Å². The van der Waals surface area contributed by atoms with E-state index in [1.165, 1.54) is 0 Å². The minimum absolute atomic E-state index is 0.0530. The molecule has 0 radical (unpaired) electrons. The predicted molar refractivity (Wildman–Crippen MR) is 159 cm³/mol. The number of hydrogen-bond acceptors (Lipinski definition) is 9. The number of aliphatic hydroxyl groups excluding tert-OH is 1. The Kier molecular flexibility index (Phi) is 7.52. The highest BCUT2D eigenvalue weighted by Gasteiger charge is 2.34. The summed E-state index contributed by atoms with van der Waals surface area (Å²) < 4.78 is 15.1. The second-order valence-electron chi connectivity index (χ2n) is 12.1. The van der Waals surface area contributed by atoms with Crippen molar-refractivity contribution in [3.8, 4) is 5.95 Å². The molecule has 0 spiro atoms. The van der Waals surface area contributed by atoms with Crippen molar-refractivity contribution in [2.24, 2.45) is 13.0 Å². The van der Waals surface area contributed by atoms with Gasteiger partial charge in [-0.1, -0.05) is 19.1 Å². The van der Waals surface area contributed by atoms with Crippen LogP contribution >= 0.6 is 0 Å². The minimum Gasteiger partial charge on any atom is -0.444 e. The highest BCUT2D eigenvalue weighted by atomic mass is 16.6. The number of amides is 1. The number of carbonyl (C=O) groups is 1. The summed E-state index contributed by atoms with van der Waals surface area (Å²) in [5.41, 5.74) is 2.61. The standard InChI is InChI=1S/C30H40N8O4/c1-6-22-31-20-9-7-8-10-21(20)38(22)28-33-25-23(26(34-28)36-15-17-41-18-16-36)32-27(35(25)5)24(39)19-11-13-37(14-12-19)29(40)42-30(2,3)4/h7-10,19,24,39H,6,11-18H2,1-5H3. The predicted octanol–water partition coefficient (Wildman–Crippen LogP) is 3.78. The highest BCUT2D eigenvalue weighted by Crippen LogP contribution is 2.34. The number of para-hydroxylation sites is 2. The van der Waals surface area contributed by atoms with E-state index in [1.54, 1.807) is 4.90 Å². The molecule has 1 aromatic carbocycles. The second-order valence-corrected chi connectivity index (χ2v) is 12.1. The lowest BCUT2D eigenvalue weighted by molar-refractivity contribution is 0.00623. The van der Waals surface area contributed by atoms with E-state index in [4.69, 9.17) is 29.4 Å². The first kappa shape index (κ1) is 28.4. The first-order valence-electron chi connectivity index (χ1n) is 14.8. The average molecular weight is 577 g/mol. The molecular formula is C30H40N8O4. The van der Waals surface area contributed by atoms with Gasteiger partial charge in [0.1, 0.15) is 23.4 Å². The zero-order valence-corrected chi connectivity index (χ0v) is 25.1. The number of ether oxygens (including phenoxy) is 2. The number of aryl methyl sites for hydroxylation is 2. The van der Waals surface area contributed by atoms with Crippen molar-refractivity contribution in [1.29, 1.82) is 0 Å². The fourth-order valence-corrected chi connectivity index (χ4v) is 5.88. The number of aromatic nitrogens is 6. The van der Waals surface area contributed by atoms with E-state index in [0.29, 0.717) is 75.2 Å². The summed E-state index contributed by atoms with van der Waals surface area (Å²) >= 11 is 0. The number of benzene rings is 1. The molecule has 12 heteroatoms. The van der Waals surface area contributed by atoms with E-state index < -0.39 is 11.7 Å². The van der Waals surface area contributed by atoms with Crippen LogP contribution in [0.3, 0.4) is 0 Å². The molecule has 2 saturated heterocycles. The molecule has 0 aliphatic carbocycles. The van der Waals surface area contributed by atoms with Crippen molar-refractivity contribution in [3.63, 3.8) is 0 Å². The third kappa shape index (κ3) is 5.29. The Morgan fingerprint density at radius 3 is 2.48 bits per heavy atom. The summed E-state index contributed by atoms with van der Waals surface area (Å²) in [6.45, 7) is 11.3. The number of imidazole rings is 2. The smallest absolute Gasteiger partial charge is 0.410 e. The van der Waals surface area contributed by atoms with Crippen LogP contribution in [0.1, 0.15) is 58.3 Å². The Morgan fingerprint density at radius 1 is 1.07 bits per heavy atom. The Bertz CT molecular complexity index is 1590. The van der Waals surface area contributed by atoms with Gasteiger partial charge in [0.25, 0.3) is 0 Å². The third-order valence-electron chi connectivity index (χ3n) is 8.08.